The lowest BCUT2D eigenvalue weighted by molar-refractivity contribution is 0.491. The molecule has 1 atom stereocenters. The molecule has 2 rings (SSSR count). The summed E-state index contributed by atoms with van der Waals surface area (Å²) in [6.07, 6.45) is 1.22. The fourth-order valence-electron chi connectivity index (χ4n) is 2.66. The lowest BCUT2D eigenvalue weighted by Gasteiger charge is -2.25. The number of hydrogen-bond donors (Lipinski definition) is 2. The van der Waals surface area contributed by atoms with Gasteiger partial charge in [0.15, 0.2) is 5.96 Å². The van der Waals surface area contributed by atoms with Crippen molar-refractivity contribution in [3.8, 4) is 0 Å². The van der Waals surface area contributed by atoms with Crippen LogP contribution in [0, 0.1) is 5.92 Å². The predicted octanol–water partition coefficient (Wildman–Crippen LogP) is 3.86. The fourth-order valence-corrected chi connectivity index (χ4v) is 2.93. The van der Waals surface area contributed by atoms with Gasteiger partial charge in [-0.2, -0.15) is 0 Å². The molecule has 1 saturated heterocycles. The molecule has 0 saturated carbocycles. The minimum atomic E-state index is 0. The third kappa shape index (κ3) is 6.87. The summed E-state index contributed by atoms with van der Waals surface area (Å²) in [4.78, 5) is 6.75. The number of aliphatic imine (C=N–C) groups is 1. The van der Waals surface area contributed by atoms with Crippen LogP contribution < -0.4 is 15.5 Å². The Hall–Kier alpha value is -0.500. The number of guanidine groups is 1. The van der Waals surface area contributed by atoms with Crippen LogP contribution in [-0.4, -0.2) is 38.2 Å². The maximum Gasteiger partial charge on any atom is 0.191 e. The summed E-state index contributed by atoms with van der Waals surface area (Å²) in [6.45, 7) is 9.61. The maximum atomic E-state index is 4.30. The van der Waals surface area contributed by atoms with Gasteiger partial charge in [0, 0.05) is 42.4 Å². The Morgan fingerprint density at radius 3 is 2.52 bits per heavy atom. The van der Waals surface area contributed by atoms with Gasteiger partial charge >= 0.3 is 0 Å². The number of nitrogens with one attached hydrogen (secondary N) is 2. The van der Waals surface area contributed by atoms with Crippen molar-refractivity contribution in [2.45, 2.75) is 32.7 Å². The zero-order chi connectivity index (χ0) is 16.2. The van der Waals surface area contributed by atoms with E-state index in [9.17, 15) is 0 Å². The van der Waals surface area contributed by atoms with Gasteiger partial charge in [0.1, 0.15) is 0 Å². The van der Waals surface area contributed by atoms with Crippen LogP contribution in [0.3, 0.4) is 0 Å². The molecule has 2 N–H and O–H groups in total. The molecular weight excluding hydrogens is 467 g/mol. The van der Waals surface area contributed by atoms with Crippen molar-refractivity contribution >= 4 is 51.6 Å². The summed E-state index contributed by atoms with van der Waals surface area (Å²) < 4.78 is 1.13. The molecule has 4 nitrogen and oxygen atoms in total. The van der Waals surface area contributed by atoms with Crippen molar-refractivity contribution < 1.29 is 0 Å². The Morgan fingerprint density at radius 1 is 1.30 bits per heavy atom. The van der Waals surface area contributed by atoms with E-state index in [0.717, 1.165) is 30.1 Å². The fraction of sp³-hybridized carbons (Fsp3) is 0.588. The first-order valence-electron chi connectivity index (χ1n) is 7.87. The second kappa shape index (κ2) is 9.11. The van der Waals surface area contributed by atoms with Gasteiger partial charge in [-0.25, -0.2) is 0 Å². The van der Waals surface area contributed by atoms with E-state index in [1.165, 1.54) is 12.1 Å². The van der Waals surface area contributed by atoms with Crippen LogP contribution in [0.15, 0.2) is 33.7 Å². The highest BCUT2D eigenvalue weighted by atomic mass is 127. The van der Waals surface area contributed by atoms with E-state index in [1.807, 2.05) is 7.05 Å². The van der Waals surface area contributed by atoms with Crippen LogP contribution in [0.4, 0.5) is 5.69 Å². The molecule has 23 heavy (non-hydrogen) atoms. The van der Waals surface area contributed by atoms with Crippen LogP contribution in [0.25, 0.3) is 0 Å². The molecule has 0 amide bonds. The van der Waals surface area contributed by atoms with E-state index in [4.69, 9.17) is 0 Å². The molecule has 1 aliphatic rings. The van der Waals surface area contributed by atoms with Crippen molar-refractivity contribution in [3.05, 3.63) is 28.7 Å². The van der Waals surface area contributed by atoms with Crippen LogP contribution in [-0.2, 0) is 0 Å². The molecule has 1 aromatic carbocycles. The highest BCUT2D eigenvalue weighted by Gasteiger charge is 2.23. The number of rotatable bonds is 3. The summed E-state index contributed by atoms with van der Waals surface area (Å²) in [5.74, 6) is 1.54. The quantitative estimate of drug-likeness (QED) is 0.381. The second-order valence-electron chi connectivity index (χ2n) is 6.91. The van der Waals surface area contributed by atoms with Crippen LogP contribution in [0.5, 0.6) is 0 Å². The van der Waals surface area contributed by atoms with Gasteiger partial charge in [0.25, 0.3) is 0 Å². The zero-order valence-corrected chi connectivity index (χ0v) is 18.3. The van der Waals surface area contributed by atoms with Gasteiger partial charge in [-0.05, 0) is 57.4 Å². The first kappa shape index (κ1) is 20.5. The van der Waals surface area contributed by atoms with Gasteiger partial charge in [0.05, 0.1) is 0 Å². The SMILES string of the molecule is CN=C(NCC1CCN(c2ccc(Br)cc2)C1)NC(C)(C)C.I. The molecule has 0 aromatic heterocycles. The van der Waals surface area contributed by atoms with Gasteiger partial charge < -0.3 is 15.5 Å². The van der Waals surface area contributed by atoms with Gasteiger partial charge in [-0.15, -0.1) is 24.0 Å². The maximum absolute atomic E-state index is 4.30. The number of hydrogen-bond acceptors (Lipinski definition) is 2. The van der Waals surface area contributed by atoms with E-state index in [-0.39, 0.29) is 29.5 Å². The van der Waals surface area contributed by atoms with Crippen molar-refractivity contribution in [2.24, 2.45) is 10.9 Å². The lowest BCUT2D eigenvalue weighted by atomic mass is 10.1. The smallest absolute Gasteiger partial charge is 0.191 e. The summed E-state index contributed by atoms with van der Waals surface area (Å²) in [7, 11) is 1.82. The van der Waals surface area contributed by atoms with E-state index in [1.54, 1.807) is 0 Å². The molecule has 0 radical (unpaired) electrons. The molecule has 1 unspecified atom stereocenters. The average Bonchev–Trinajstić information content (AvgIpc) is 2.92. The minimum absolute atomic E-state index is 0. The van der Waals surface area contributed by atoms with Crippen molar-refractivity contribution in [1.29, 1.82) is 0 Å². The molecule has 130 valence electrons. The highest BCUT2D eigenvalue weighted by molar-refractivity contribution is 14.0. The molecular formula is C17H28BrIN4. The molecule has 0 aliphatic carbocycles. The Labute approximate surface area is 165 Å². The van der Waals surface area contributed by atoms with Crippen LogP contribution >= 0.6 is 39.9 Å². The monoisotopic (exact) mass is 494 g/mol. The lowest BCUT2D eigenvalue weighted by Crippen LogP contribution is -2.48. The molecule has 6 heteroatoms. The summed E-state index contributed by atoms with van der Waals surface area (Å²) >= 11 is 3.49. The highest BCUT2D eigenvalue weighted by Crippen LogP contribution is 2.24. The zero-order valence-electron chi connectivity index (χ0n) is 14.4. The summed E-state index contributed by atoms with van der Waals surface area (Å²) in [6, 6.07) is 8.58. The first-order valence-corrected chi connectivity index (χ1v) is 8.66. The number of anilines is 1. The summed E-state index contributed by atoms with van der Waals surface area (Å²) in [5, 5.41) is 6.85. The standard InChI is InChI=1S/C17H27BrN4.HI/c1-17(2,3)21-16(19-4)20-11-13-9-10-22(12-13)15-7-5-14(18)6-8-15;/h5-8,13H,9-12H2,1-4H3,(H2,19,20,21);1H. The first-order chi connectivity index (χ1) is 10.4. The molecule has 1 aromatic rings. The normalized spacial score (nSPS) is 18.6. The minimum Gasteiger partial charge on any atom is -0.371 e. The number of halogens is 2. The number of benzene rings is 1. The Bertz CT molecular complexity index is 510. The Morgan fingerprint density at radius 2 is 1.96 bits per heavy atom. The van der Waals surface area contributed by atoms with Crippen molar-refractivity contribution in [3.63, 3.8) is 0 Å². The van der Waals surface area contributed by atoms with Crippen molar-refractivity contribution in [1.82, 2.24) is 10.6 Å². The van der Waals surface area contributed by atoms with E-state index in [2.05, 4.69) is 81.5 Å². The molecule has 0 spiro atoms. The average molecular weight is 495 g/mol. The molecule has 1 heterocycles. The van der Waals surface area contributed by atoms with E-state index < -0.39 is 0 Å². The van der Waals surface area contributed by atoms with Crippen LogP contribution in [0.1, 0.15) is 27.2 Å². The number of nitrogens with zero attached hydrogens (tertiary/aromatic N) is 2. The largest absolute Gasteiger partial charge is 0.371 e. The molecule has 1 aliphatic heterocycles. The molecule has 1 fully saturated rings. The van der Waals surface area contributed by atoms with Crippen LogP contribution in [0.2, 0.25) is 0 Å². The van der Waals surface area contributed by atoms with E-state index in [0.29, 0.717) is 5.92 Å². The third-order valence-electron chi connectivity index (χ3n) is 3.75. The second-order valence-corrected chi connectivity index (χ2v) is 7.82. The van der Waals surface area contributed by atoms with Crippen molar-refractivity contribution in [2.75, 3.05) is 31.6 Å². The van der Waals surface area contributed by atoms with E-state index >= 15 is 0 Å². The third-order valence-corrected chi connectivity index (χ3v) is 4.28. The van der Waals surface area contributed by atoms with Gasteiger partial charge in [0.2, 0.25) is 0 Å². The van der Waals surface area contributed by atoms with Gasteiger partial charge in [-0.3, -0.25) is 4.99 Å². The Balaban J connectivity index is 0.00000264. The Kier molecular flexibility index (Phi) is 8.13. The topological polar surface area (TPSA) is 39.7 Å². The molecule has 0 bridgehead atoms. The van der Waals surface area contributed by atoms with Gasteiger partial charge in [-0.1, -0.05) is 15.9 Å². The summed E-state index contributed by atoms with van der Waals surface area (Å²) in [5.41, 5.74) is 1.34. The predicted molar refractivity (Wildman–Crippen MR) is 114 cm³/mol.